The van der Waals surface area contributed by atoms with E-state index >= 15 is 0 Å². The molecule has 2 aromatic rings. The SMILES string of the molecule is COc1ccsc1C(N)c1ccc(C(F)(F)F)cc1C. The van der Waals surface area contributed by atoms with E-state index in [0.717, 1.165) is 17.0 Å². The molecule has 20 heavy (non-hydrogen) atoms. The zero-order valence-corrected chi connectivity index (χ0v) is 11.8. The van der Waals surface area contributed by atoms with E-state index in [1.807, 2.05) is 5.38 Å². The van der Waals surface area contributed by atoms with Crippen LogP contribution in [-0.2, 0) is 6.18 Å². The van der Waals surface area contributed by atoms with Crippen molar-refractivity contribution in [3.63, 3.8) is 0 Å². The van der Waals surface area contributed by atoms with Crippen LogP contribution in [0.2, 0.25) is 0 Å². The third kappa shape index (κ3) is 2.81. The average Bonchev–Trinajstić information content (AvgIpc) is 2.85. The molecule has 2 rings (SSSR count). The van der Waals surface area contributed by atoms with Crippen LogP contribution < -0.4 is 10.5 Å². The summed E-state index contributed by atoms with van der Waals surface area (Å²) in [4.78, 5) is 0.801. The van der Waals surface area contributed by atoms with Crippen LogP contribution in [0.1, 0.15) is 27.6 Å². The third-order valence-electron chi connectivity index (χ3n) is 3.09. The third-order valence-corrected chi connectivity index (χ3v) is 4.07. The first-order chi connectivity index (χ1) is 9.34. The van der Waals surface area contributed by atoms with E-state index in [1.54, 1.807) is 13.0 Å². The fourth-order valence-electron chi connectivity index (χ4n) is 2.05. The number of rotatable bonds is 3. The summed E-state index contributed by atoms with van der Waals surface area (Å²) in [5, 5.41) is 1.84. The van der Waals surface area contributed by atoms with Crippen LogP contribution in [-0.4, -0.2) is 7.11 Å². The molecular formula is C14H14F3NOS. The maximum absolute atomic E-state index is 12.6. The largest absolute Gasteiger partial charge is 0.496 e. The molecule has 2 N–H and O–H groups in total. The highest BCUT2D eigenvalue weighted by atomic mass is 32.1. The van der Waals surface area contributed by atoms with Crippen molar-refractivity contribution in [3.8, 4) is 5.75 Å². The first-order valence-electron chi connectivity index (χ1n) is 5.89. The zero-order valence-electron chi connectivity index (χ0n) is 11.0. The molecule has 0 aliphatic carbocycles. The van der Waals surface area contributed by atoms with Gasteiger partial charge in [-0.3, -0.25) is 0 Å². The minimum absolute atomic E-state index is 0.493. The Morgan fingerprint density at radius 2 is 1.95 bits per heavy atom. The Morgan fingerprint density at radius 1 is 1.25 bits per heavy atom. The van der Waals surface area contributed by atoms with Crippen LogP contribution in [0.15, 0.2) is 29.6 Å². The van der Waals surface area contributed by atoms with Crippen molar-refractivity contribution in [1.29, 1.82) is 0 Å². The monoisotopic (exact) mass is 301 g/mol. The molecule has 1 heterocycles. The van der Waals surface area contributed by atoms with E-state index in [0.29, 0.717) is 16.9 Å². The molecule has 0 spiro atoms. The summed E-state index contributed by atoms with van der Waals surface area (Å²) < 4.78 is 43.1. The zero-order chi connectivity index (χ0) is 14.9. The van der Waals surface area contributed by atoms with Gasteiger partial charge in [0, 0.05) is 0 Å². The second-order valence-electron chi connectivity index (χ2n) is 4.40. The molecule has 1 aromatic carbocycles. The second-order valence-corrected chi connectivity index (χ2v) is 5.35. The summed E-state index contributed by atoms with van der Waals surface area (Å²) in [7, 11) is 1.54. The Hall–Kier alpha value is -1.53. The van der Waals surface area contributed by atoms with Gasteiger partial charge in [-0.15, -0.1) is 11.3 Å². The minimum Gasteiger partial charge on any atom is -0.496 e. The van der Waals surface area contributed by atoms with Gasteiger partial charge in [-0.2, -0.15) is 13.2 Å². The van der Waals surface area contributed by atoms with Crippen molar-refractivity contribution < 1.29 is 17.9 Å². The standard InChI is InChI=1S/C14H14F3NOS/c1-8-7-9(14(15,16)17)3-4-10(8)12(18)13-11(19-2)5-6-20-13/h3-7,12H,18H2,1-2H3. The Labute approximate surface area is 119 Å². The Kier molecular flexibility index (Phi) is 4.06. The number of hydrogen-bond donors (Lipinski definition) is 1. The fourth-order valence-corrected chi connectivity index (χ4v) is 2.93. The van der Waals surface area contributed by atoms with E-state index in [2.05, 4.69) is 0 Å². The number of halogens is 3. The molecule has 6 heteroatoms. The molecule has 1 aromatic heterocycles. The molecule has 2 nitrogen and oxygen atoms in total. The molecule has 0 fully saturated rings. The van der Waals surface area contributed by atoms with Crippen LogP contribution in [0.5, 0.6) is 5.75 Å². The highest BCUT2D eigenvalue weighted by Crippen LogP contribution is 2.36. The summed E-state index contributed by atoms with van der Waals surface area (Å²) in [5.41, 5.74) is 6.67. The second kappa shape index (κ2) is 5.46. The van der Waals surface area contributed by atoms with Gasteiger partial charge in [0.05, 0.1) is 23.6 Å². The number of hydrogen-bond acceptors (Lipinski definition) is 3. The normalized spacial score (nSPS) is 13.3. The predicted molar refractivity (Wildman–Crippen MR) is 73.1 cm³/mol. The van der Waals surface area contributed by atoms with Crippen molar-refractivity contribution in [1.82, 2.24) is 0 Å². The molecule has 0 saturated heterocycles. The van der Waals surface area contributed by atoms with Gasteiger partial charge in [-0.1, -0.05) is 6.07 Å². The molecule has 0 aliphatic rings. The van der Waals surface area contributed by atoms with E-state index in [-0.39, 0.29) is 0 Å². The lowest BCUT2D eigenvalue weighted by molar-refractivity contribution is -0.137. The number of benzene rings is 1. The number of aryl methyl sites for hydroxylation is 1. The molecule has 108 valence electrons. The van der Waals surface area contributed by atoms with Crippen LogP contribution >= 0.6 is 11.3 Å². The molecule has 0 saturated carbocycles. The van der Waals surface area contributed by atoms with E-state index in [1.165, 1.54) is 24.5 Å². The molecule has 0 aliphatic heterocycles. The predicted octanol–water partition coefficient (Wildman–Crippen LogP) is 4.13. The first kappa shape index (κ1) is 14.9. The average molecular weight is 301 g/mol. The van der Waals surface area contributed by atoms with Crippen molar-refractivity contribution >= 4 is 11.3 Å². The number of nitrogens with two attached hydrogens (primary N) is 1. The minimum atomic E-state index is -4.34. The highest BCUT2D eigenvalue weighted by Gasteiger charge is 2.31. The lowest BCUT2D eigenvalue weighted by Crippen LogP contribution is -2.14. The molecular weight excluding hydrogens is 287 g/mol. The lowest BCUT2D eigenvalue weighted by Gasteiger charge is -2.16. The fraction of sp³-hybridized carbons (Fsp3) is 0.286. The van der Waals surface area contributed by atoms with Crippen molar-refractivity contribution in [2.75, 3.05) is 7.11 Å². The summed E-state index contributed by atoms with van der Waals surface area (Å²) in [6, 6.07) is 4.91. The molecule has 1 atom stereocenters. The number of ether oxygens (including phenoxy) is 1. The van der Waals surface area contributed by atoms with Gasteiger partial charge in [0.15, 0.2) is 0 Å². The number of thiophene rings is 1. The molecule has 0 bridgehead atoms. The smallest absolute Gasteiger partial charge is 0.416 e. The topological polar surface area (TPSA) is 35.2 Å². The van der Waals surface area contributed by atoms with Crippen molar-refractivity contribution in [3.05, 3.63) is 51.2 Å². The Balaban J connectivity index is 2.39. The highest BCUT2D eigenvalue weighted by molar-refractivity contribution is 7.10. The van der Waals surface area contributed by atoms with Crippen molar-refractivity contribution in [2.45, 2.75) is 19.1 Å². The van der Waals surface area contributed by atoms with Gasteiger partial charge in [0.1, 0.15) is 5.75 Å². The van der Waals surface area contributed by atoms with Crippen LogP contribution in [0.25, 0.3) is 0 Å². The number of methoxy groups -OCH3 is 1. The van der Waals surface area contributed by atoms with Gasteiger partial charge >= 0.3 is 6.18 Å². The van der Waals surface area contributed by atoms with Gasteiger partial charge in [-0.25, -0.2) is 0 Å². The van der Waals surface area contributed by atoms with Gasteiger partial charge in [0.2, 0.25) is 0 Å². The lowest BCUT2D eigenvalue weighted by atomic mass is 9.98. The van der Waals surface area contributed by atoms with Crippen molar-refractivity contribution in [2.24, 2.45) is 5.73 Å². The summed E-state index contributed by atoms with van der Waals surface area (Å²) in [5.74, 6) is 0.654. The van der Waals surface area contributed by atoms with E-state index < -0.39 is 17.8 Å². The molecule has 0 radical (unpaired) electrons. The Bertz CT molecular complexity index is 607. The summed E-state index contributed by atoms with van der Waals surface area (Å²) >= 11 is 1.42. The van der Waals surface area contributed by atoms with Gasteiger partial charge in [0.25, 0.3) is 0 Å². The quantitative estimate of drug-likeness (QED) is 0.925. The van der Waals surface area contributed by atoms with Gasteiger partial charge in [-0.05, 0) is 41.6 Å². The van der Waals surface area contributed by atoms with Crippen LogP contribution in [0.4, 0.5) is 13.2 Å². The maximum Gasteiger partial charge on any atom is 0.416 e. The number of alkyl halides is 3. The van der Waals surface area contributed by atoms with E-state index in [4.69, 9.17) is 10.5 Å². The summed E-state index contributed by atoms with van der Waals surface area (Å²) in [6.07, 6.45) is -4.34. The molecule has 1 unspecified atom stereocenters. The van der Waals surface area contributed by atoms with E-state index in [9.17, 15) is 13.2 Å². The summed E-state index contributed by atoms with van der Waals surface area (Å²) in [6.45, 7) is 1.63. The molecule has 0 amide bonds. The van der Waals surface area contributed by atoms with Crippen LogP contribution in [0.3, 0.4) is 0 Å². The van der Waals surface area contributed by atoms with Crippen LogP contribution in [0, 0.1) is 6.92 Å². The first-order valence-corrected chi connectivity index (χ1v) is 6.77. The Morgan fingerprint density at radius 3 is 2.50 bits per heavy atom. The van der Waals surface area contributed by atoms with Gasteiger partial charge < -0.3 is 10.5 Å². The maximum atomic E-state index is 12.6.